The van der Waals surface area contributed by atoms with Crippen molar-refractivity contribution in [2.24, 2.45) is 11.8 Å². The van der Waals surface area contributed by atoms with Crippen molar-refractivity contribution in [3.8, 4) is 0 Å². The number of rotatable bonds is 5. The number of benzene rings is 1. The largest absolute Gasteiger partial charge is 0.381 e. The predicted octanol–water partition coefficient (Wildman–Crippen LogP) is 2.19. The predicted molar refractivity (Wildman–Crippen MR) is 95.4 cm³/mol. The molecule has 24 heavy (non-hydrogen) atoms. The monoisotopic (exact) mass is 329 g/mol. The first kappa shape index (κ1) is 15.9. The Kier molecular flexibility index (Phi) is 4.72. The van der Waals surface area contributed by atoms with E-state index in [-0.39, 0.29) is 11.8 Å². The number of carbonyl (C=O) groups is 1. The van der Waals surface area contributed by atoms with Crippen LogP contribution in [0.15, 0.2) is 24.3 Å². The van der Waals surface area contributed by atoms with Gasteiger partial charge in [-0.15, -0.1) is 0 Å². The number of carbonyl (C=O) groups excluding carboxylic acids is 1. The summed E-state index contributed by atoms with van der Waals surface area (Å²) in [4.78, 5) is 17.3. The molecule has 3 fully saturated rings. The molecule has 4 rings (SSSR count). The number of piperazine rings is 1. The molecule has 0 aromatic heterocycles. The van der Waals surface area contributed by atoms with Gasteiger partial charge in [0.15, 0.2) is 0 Å². The third kappa shape index (κ3) is 3.90. The highest BCUT2D eigenvalue weighted by molar-refractivity contribution is 5.93. The van der Waals surface area contributed by atoms with Gasteiger partial charge in [-0.05, 0) is 43.4 Å². The van der Waals surface area contributed by atoms with Gasteiger partial charge in [0.2, 0.25) is 5.91 Å². The van der Waals surface area contributed by atoms with E-state index >= 15 is 0 Å². The van der Waals surface area contributed by atoms with E-state index in [0.717, 1.165) is 44.2 Å². The lowest BCUT2D eigenvalue weighted by molar-refractivity contribution is -0.119. The van der Waals surface area contributed by atoms with Gasteiger partial charge < -0.3 is 15.0 Å². The summed E-state index contributed by atoms with van der Waals surface area (Å²) in [5.74, 6) is 1.05. The topological polar surface area (TPSA) is 44.8 Å². The molecule has 0 unspecified atom stereocenters. The Morgan fingerprint density at radius 1 is 1.17 bits per heavy atom. The van der Waals surface area contributed by atoms with Crippen LogP contribution in [0.1, 0.15) is 19.3 Å². The standard InChI is InChI=1S/C19H27N3O2/c23-19(16-6-11-24-14-16)20-17-2-1-3-18(12-17)22-9-7-21(8-10-22)13-15-4-5-15/h1-3,12,15-16H,4-11,13-14H2,(H,20,23)/t16-/m1/s1. The van der Waals surface area contributed by atoms with Crippen LogP contribution in [0.3, 0.4) is 0 Å². The lowest BCUT2D eigenvalue weighted by Crippen LogP contribution is -2.47. The molecule has 130 valence electrons. The molecule has 2 saturated heterocycles. The summed E-state index contributed by atoms with van der Waals surface area (Å²) in [6.45, 7) is 6.96. The molecule has 1 atom stereocenters. The summed E-state index contributed by atoms with van der Waals surface area (Å²) in [7, 11) is 0. The van der Waals surface area contributed by atoms with Gasteiger partial charge in [0, 0.05) is 50.7 Å². The van der Waals surface area contributed by atoms with Crippen LogP contribution >= 0.6 is 0 Å². The first-order valence-electron chi connectivity index (χ1n) is 9.24. The van der Waals surface area contributed by atoms with Crippen molar-refractivity contribution in [2.45, 2.75) is 19.3 Å². The molecular weight excluding hydrogens is 302 g/mol. The highest BCUT2D eigenvalue weighted by atomic mass is 16.5. The minimum atomic E-state index is -0.000347. The summed E-state index contributed by atoms with van der Waals surface area (Å²) < 4.78 is 5.30. The van der Waals surface area contributed by atoms with Crippen molar-refractivity contribution in [3.63, 3.8) is 0 Å². The summed E-state index contributed by atoms with van der Waals surface area (Å²) in [6, 6.07) is 8.25. The third-order valence-corrected chi connectivity index (χ3v) is 5.36. The number of ether oxygens (including phenoxy) is 1. The second-order valence-corrected chi connectivity index (χ2v) is 7.33. The van der Waals surface area contributed by atoms with E-state index in [4.69, 9.17) is 4.74 Å². The highest BCUT2D eigenvalue weighted by Crippen LogP contribution is 2.30. The third-order valence-electron chi connectivity index (χ3n) is 5.36. The van der Waals surface area contributed by atoms with E-state index in [1.165, 1.54) is 25.1 Å². The fraction of sp³-hybridized carbons (Fsp3) is 0.632. The molecule has 3 aliphatic rings. The number of nitrogens with zero attached hydrogens (tertiary/aromatic N) is 2. The summed E-state index contributed by atoms with van der Waals surface area (Å²) in [5.41, 5.74) is 2.10. The average molecular weight is 329 g/mol. The van der Waals surface area contributed by atoms with Gasteiger partial charge in [-0.2, -0.15) is 0 Å². The second-order valence-electron chi connectivity index (χ2n) is 7.33. The van der Waals surface area contributed by atoms with E-state index in [1.54, 1.807) is 0 Å². The SMILES string of the molecule is O=C(Nc1cccc(N2CCN(CC3CC3)CC2)c1)[C@@H]1CCOC1. The Labute approximate surface area is 144 Å². The zero-order chi connectivity index (χ0) is 16.4. The van der Waals surface area contributed by atoms with Crippen LogP contribution in [-0.2, 0) is 9.53 Å². The van der Waals surface area contributed by atoms with Crippen LogP contribution in [-0.4, -0.2) is 56.7 Å². The Bertz CT molecular complexity index is 574. The molecule has 1 saturated carbocycles. The molecule has 1 N–H and O–H groups in total. The van der Waals surface area contributed by atoms with E-state index in [2.05, 4.69) is 27.2 Å². The van der Waals surface area contributed by atoms with Crippen molar-refractivity contribution in [1.29, 1.82) is 0 Å². The number of anilines is 2. The van der Waals surface area contributed by atoms with Crippen molar-refractivity contribution in [3.05, 3.63) is 24.3 Å². The van der Waals surface area contributed by atoms with Crippen LogP contribution in [0.25, 0.3) is 0 Å². The van der Waals surface area contributed by atoms with Gasteiger partial charge in [-0.25, -0.2) is 0 Å². The Balaban J connectivity index is 1.33. The average Bonchev–Trinajstić information content (AvgIpc) is 3.24. The van der Waals surface area contributed by atoms with Crippen molar-refractivity contribution < 1.29 is 9.53 Å². The van der Waals surface area contributed by atoms with Gasteiger partial charge in [0.05, 0.1) is 12.5 Å². The molecule has 2 heterocycles. The molecule has 1 aromatic carbocycles. The maximum Gasteiger partial charge on any atom is 0.229 e. The summed E-state index contributed by atoms with van der Waals surface area (Å²) in [6.07, 6.45) is 3.68. The van der Waals surface area contributed by atoms with Crippen LogP contribution in [0.2, 0.25) is 0 Å². The quantitative estimate of drug-likeness (QED) is 0.899. The highest BCUT2D eigenvalue weighted by Gasteiger charge is 2.27. The van der Waals surface area contributed by atoms with Crippen molar-refractivity contribution in [1.82, 2.24) is 4.90 Å². The molecule has 5 nitrogen and oxygen atoms in total. The van der Waals surface area contributed by atoms with E-state index < -0.39 is 0 Å². The van der Waals surface area contributed by atoms with Crippen molar-refractivity contribution in [2.75, 3.05) is 56.2 Å². The second kappa shape index (κ2) is 7.11. The number of hydrogen-bond acceptors (Lipinski definition) is 4. The molecule has 0 spiro atoms. The van der Waals surface area contributed by atoms with Gasteiger partial charge in [0.25, 0.3) is 0 Å². The number of amides is 1. The van der Waals surface area contributed by atoms with Crippen LogP contribution in [0.4, 0.5) is 11.4 Å². The zero-order valence-electron chi connectivity index (χ0n) is 14.2. The molecule has 1 amide bonds. The maximum absolute atomic E-state index is 12.2. The smallest absolute Gasteiger partial charge is 0.229 e. The van der Waals surface area contributed by atoms with Crippen LogP contribution in [0.5, 0.6) is 0 Å². The van der Waals surface area contributed by atoms with Crippen LogP contribution in [0, 0.1) is 11.8 Å². The number of nitrogens with one attached hydrogen (secondary N) is 1. The van der Waals surface area contributed by atoms with E-state index in [0.29, 0.717) is 13.2 Å². The van der Waals surface area contributed by atoms with E-state index in [1.807, 2.05) is 12.1 Å². The molecule has 2 aliphatic heterocycles. The minimum Gasteiger partial charge on any atom is -0.381 e. The van der Waals surface area contributed by atoms with Crippen molar-refractivity contribution >= 4 is 17.3 Å². The Morgan fingerprint density at radius 3 is 2.71 bits per heavy atom. The molecular formula is C19H27N3O2. The van der Waals surface area contributed by atoms with Gasteiger partial charge in [0.1, 0.15) is 0 Å². The first-order valence-corrected chi connectivity index (χ1v) is 9.24. The Hall–Kier alpha value is -1.59. The normalized spacial score (nSPS) is 25.0. The molecule has 5 heteroatoms. The lowest BCUT2D eigenvalue weighted by Gasteiger charge is -2.36. The summed E-state index contributed by atoms with van der Waals surface area (Å²) >= 11 is 0. The van der Waals surface area contributed by atoms with Gasteiger partial charge in [-0.1, -0.05) is 6.07 Å². The molecule has 1 aliphatic carbocycles. The summed E-state index contributed by atoms with van der Waals surface area (Å²) in [5, 5.41) is 3.05. The van der Waals surface area contributed by atoms with E-state index in [9.17, 15) is 4.79 Å². The zero-order valence-corrected chi connectivity index (χ0v) is 14.2. The molecule has 0 bridgehead atoms. The van der Waals surface area contributed by atoms with Gasteiger partial charge >= 0.3 is 0 Å². The molecule has 1 aromatic rings. The fourth-order valence-electron chi connectivity index (χ4n) is 3.62. The first-order chi connectivity index (χ1) is 11.8. The lowest BCUT2D eigenvalue weighted by atomic mass is 10.1. The fourth-order valence-corrected chi connectivity index (χ4v) is 3.62. The maximum atomic E-state index is 12.2. The Morgan fingerprint density at radius 2 is 2.00 bits per heavy atom. The van der Waals surface area contributed by atoms with Gasteiger partial charge in [-0.3, -0.25) is 9.69 Å². The van der Waals surface area contributed by atoms with Crippen LogP contribution < -0.4 is 10.2 Å². The minimum absolute atomic E-state index is 0.000347. The number of hydrogen-bond donors (Lipinski definition) is 1. The molecule has 0 radical (unpaired) electrons.